The van der Waals surface area contributed by atoms with E-state index in [4.69, 9.17) is 0 Å². The zero-order valence-electron chi connectivity index (χ0n) is 11.8. The van der Waals surface area contributed by atoms with Crippen LogP contribution in [-0.4, -0.2) is 59.1 Å². The SMILES string of the molecule is CC(C)(O)CN1CCN(C(=O)C(C)(C)C)CC1. The molecule has 1 fully saturated rings. The van der Waals surface area contributed by atoms with E-state index in [-0.39, 0.29) is 11.3 Å². The Balaban J connectivity index is 2.44. The molecule has 0 aromatic carbocycles. The highest BCUT2D eigenvalue weighted by Gasteiger charge is 2.30. The maximum absolute atomic E-state index is 12.1. The number of piperazine rings is 1. The largest absolute Gasteiger partial charge is 0.389 e. The number of aliphatic hydroxyl groups is 1. The number of amides is 1. The van der Waals surface area contributed by atoms with Gasteiger partial charge in [0.25, 0.3) is 0 Å². The Labute approximate surface area is 105 Å². The van der Waals surface area contributed by atoms with Crippen molar-refractivity contribution in [2.24, 2.45) is 5.41 Å². The van der Waals surface area contributed by atoms with Crippen molar-refractivity contribution in [1.82, 2.24) is 9.80 Å². The van der Waals surface area contributed by atoms with Gasteiger partial charge < -0.3 is 10.0 Å². The molecule has 1 rings (SSSR count). The van der Waals surface area contributed by atoms with Crippen molar-refractivity contribution in [2.75, 3.05) is 32.7 Å². The summed E-state index contributed by atoms with van der Waals surface area (Å²) in [5.74, 6) is 0.223. The summed E-state index contributed by atoms with van der Waals surface area (Å²) in [6.45, 7) is 13.4. The van der Waals surface area contributed by atoms with E-state index in [9.17, 15) is 9.90 Å². The summed E-state index contributed by atoms with van der Waals surface area (Å²) in [5, 5.41) is 9.75. The molecule has 0 radical (unpaired) electrons. The second-order valence-electron chi connectivity index (χ2n) is 6.63. The van der Waals surface area contributed by atoms with Crippen LogP contribution in [-0.2, 0) is 4.79 Å². The van der Waals surface area contributed by atoms with Crippen molar-refractivity contribution in [3.63, 3.8) is 0 Å². The molecule has 0 spiro atoms. The van der Waals surface area contributed by atoms with Crippen LogP contribution >= 0.6 is 0 Å². The van der Waals surface area contributed by atoms with E-state index in [0.717, 1.165) is 26.2 Å². The van der Waals surface area contributed by atoms with Gasteiger partial charge in [-0.25, -0.2) is 0 Å². The molecule has 1 N–H and O–H groups in total. The van der Waals surface area contributed by atoms with Crippen LogP contribution in [0.2, 0.25) is 0 Å². The third kappa shape index (κ3) is 4.64. The maximum atomic E-state index is 12.1. The maximum Gasteiger partial charge on any atom is 0.228 e. The lowest BCUT2D eigenvalue weighted by Gasteiger charge is -2.39. The second-order valence-corrected chi connectivity index (χ2v) is 6.63. The zero-order chi connectivity index (χ0) is 13.3. The number of β-amino-alcohol motifs (C(OH)–C–C–N with tert-alkyl or cyclic N) is 1. The lowest BCUT2D eigenvalue weighted by Crippen LogP contribution is -2.53. The summed E-state index contributed by atoms with van der Waals surface area (Å²) in [5.41, 5.74) is -0.950. The van der Waals surface area contributed by atoms with Crippen molar-refractivity contribution >= 4 is 5.91 Å². The Morgan fingerprint density at radius 1 is 1.06 bits per heavy atom. The first-order valence-electron chi connectivity index (χ1n) is 6.34. The molecule has 0 aromatic heterocycles. The van der Waals surface area contributed by atoms with Crippen molar-refractivity contribution in [1.29, 1.82) is 0 Å². The van der Waals surface area contributed by atoms with E-state index in [1.807, 2.05) is 39.5 Å². The van der Waals surface area contributed by atoms with Gasteiger partial charge in [-0.05, 0) is 13.8 Å². The summed E-state index contributed by atoms with van der Waals surface area (Å²) in [4.78, 5) is 16.2. The van der Waals surface area contributed by atoms with Crippen LogP contribution in [0.1, 0.15) is 34.6 Å². The zero-order valence-corrected chi connectivity index (χ0v) is 11.8. The molecule has 0 saturated carbocycles. The molecule has 1 saturated heterocycles. The van der Waals surface area contributed by atoms with Gasteiger partial charge in [0, 0.05) is 38.1 Å². The topological polar surface area (TPSA) is 43.8 Å². The van der Waals surface area contributed by atoms with Gasteiger partial charge in [0.15, 0.2) is 0 Å². The Morgan fingerprint density at radius 3 is 1.88 bits per heavy atom. The third-order valence-corrected chi connectivity index (χ3v) is 2.91. The number of nitrogens with zero attached hydrogens (tertiary/aromatic N) is 2. The Morgan fingerprint density at radius 2 is 1.53 bits per heavy atom. The molecule has 4 heteroatoms. The van der Waals surface area contributed by atoms with E-state index >= 15 is 0 Å². The van der Waals surface area contributed by atoms with Gasteiger partial charge >= 0.3 is 0 Å². The van der Waals surface area contributed by atoms with E-state index in [2.05, 4.69) is 4.90 Å². The van der Waals surface area contributed by atoms with Crippen LogP contribution < -0.4 is 0 Å². The third-order valence-electron chi connectivity index (χ3n) is 2.91. The fraction of sp³-hybridized carbons (Fsp3) is 0.923. The molecule has 0 aromatic rings. The minimum Gasteiger partial charge on any atom is -0.389 e. The van der Waals surface area contributed by atoms with Crippen molar-refractivity contribution in [3.8, 4) is 0 Å². The van der Waals surface area contributed by atoms with Crippen molar-refractivity contribution in [3.05, 3.63) is 0 Å². The Bertz CT molecular complexity index is 268. The minimum absolute atomic E-state index is 0.223. The molecule has 1 amide bonds. The second kappa shape index (κ2) is 4.94. The fourth-order valence-electron chi connectivity index (χ4n) is 2.13. The van der Waals surface area contributed by atoms with Gasteiger partial charge in [-0.3, -0.25) is 9.69 Å². The van der Waals surface area contributed by atoms with Gasteiger partial charge in [0.2, 0.25) is 5.91 Å². The quantitative estimate of drug-likeness (QED) is 0.784. The summed E-state index contributed by atoms with van der Waals surface area (Å²) >= 11 is 0. The van der Waals surface area contributed by atoms with Crippen molar-refractivity contribution in [2.45, 2.75) is 40.2 Å². The summed E-state index contributed by atoms with van der Waals surface area (Å²) in [6.07, 6.45) is 0. The molecular formula is C13H26N2O2. The van der Waals surface area contributed by atoms with Gasteiger partial charge in [-0.2, -0.15) is 0 Å². The lowest BCUT2D eigenvalue weighted by molar-refractivity contribution is -0.141. The number of hydrogen-bond donors (Lipinski definition) is 1. The summed E-state index contributed by atoms with van der Waals surface area (Å²) < 4.78 is 0. The average Bonchev–Trinajstić information content (AvgIpc) is 2.14. The molecular weight excluding hydrogens is 216 g/mol. The minimum atomic E-state index is -0.657. The average molecular weight is 242 g/mol. The number of hydrogen-bond acceptors (Lipinski definition) is 3. The van der Waals surface area contributed by atoms with Crippen LogP contribution in [0.4, 0.5) is 0 Å². The first kappa shape index (κ1) is 14.5. The predicted octanol–water partition coefficient (Wildman–Crippen LogP) is 0.948. The van der Waals surface area contributed by atoms with Crippen LogP contribution in [0.25, 0.3) is 0 Å². The lowest BCUT2D eigenvalue weighted by atomic mass is 9.94. The van der Waals surface area contributed by atoms with E-state index in [0.29, 0.717) is 6.54 Å². The predicted molar refractivity (Wildman–Crippen MR) is 68.8 cm³/mol. The van der Waals surface area contributed by atoms with E-state index in [1.165, 1.54) is 0 Å². The van der Waals surface area contributed by atoms with E-state index in [1.54, 1.807) is 0 Å². The molecule has 100 valence electrons. The number of rotatable bonds is 2. The van der Waals surface area contributed by atoms with Gasteiger partial charge in [0.1, 0.15) is 0 Å². The number of carbonyl (C=O) groups is 1. The smallest absolute Gasteiger partial charge is 0.228 e. The van der Waals surface area contributed by atoms with Crippen LogP contribution in [0.3, 0.4) is 0 Å². The standard InChI is InChI=1S/C13H26N2O2/c1-12(2,3)11(16)15-8-6-14(7-9-15)10-13(4,5)17/h17H,6-10H2,1-5H3. The normalized spacial score (nSPS) is 19.5. The molecule has 0 bridgehead atoms. The van der Waals surface area contributed by atoms with Gasteiger partial charge in [-0.1, -0.05) is 20.8 Å². The molecule has 1 aliphatic heterocycles. The highest BCUT2D eigenvalue weighted by molar-refractivity contribution is 5.81. The highest BCUT2D eigenvalue weighted by Crippen LogP contribution is 2.19. The van der Waals surface area contributed by atoms with Crippen molar-refractivity contribution < 1.29 is 9.90 Å². The molecule has 1 heterocycles. The number of carbonyl (C=O) groups excluding carboxylic acids is 1. The molecule has 0 unspecified atom stereocenters. The Hall–Kier alpha value is -0.610. The molecule has 0 aliphatic carbocycles. The van der Waals surface area contributed by atoms with Crippen LogP contribution in [0, 0.1) is 5.41 Å². The first-order chi connectivity index (χ1) is 7.59. The molecule has 0 atom stereocenters. The van der Waals surface area contributed by atoms with Gasteiger partial charge in [0.05, 0.1) is 5.60 Å². The monoisotopic (exact) mass is 242 g/mol. The van der Waals surface area contributed by atoms with E-state index < -0.39 is 5.60 Å². The molecule has 4 nitrogen and oxygen atoms in total. The summed E-state index contributed by atoms with van der Waals surface area (Å²) in [6, 6.07) is 0. The van der Waals surface area contributed by atoms with Crippen LogP contribution in [0.5, 0.6) is 0 Å². The first-order valence-corrected chi connectivity index (χ1v) is 6.34. The van der Waals surface area contributed by atoms with Crippen LogP contribution in [0.15, 0.2) is 0 Å². The summed E-state index contributed by atoms with van der Waals surface area (Å²) in [7, 11) is 0. The molecule has 17 heavy (non-hydrogen) atoms. The van der Waals surface area contributed by atoms with Gasteiger partial charge in [-0.15, -0.1) is 0 Å². The Kier molecular flexibility index (Phi) is 4.20. The highest BCUT2D eigenvalue weighted by atomic mass is 16.3. The fourth-order valence-corrected chi connectivity index (χ4v) is 2.13. The molecule has 1 aliphatic rings.